The highest BCUT2D eigenvalue weighted by molar-refractivity contribution is 5.76. The zero-order chi connectivity index (χ0) is 10.8. The summed E-state index contributed by atoms with van der Waals surface area (Å²) in [6.07, 6.45) is 1.05. The largest absolute Gasteiger partial charge is 0.496 e. The molecule has 0 amide bonds. The third kappa shape index (κ3) is 1.75. The number of carbonyl (C=O) groups excluding carboxylic acids is 1. The summed E-state index contributed by atoms with van der Waals surface area (Å²) in [5.41, 5.74) is 0.929. The van der Waals surface area contributed by atoms with Crippen LogP contribution >= 0.6 is 0 Å². The molecule has 0 atom stereocenters. The van der Waals surface area contributed by atoms with Crippen molar-refractivity contribution in [2.24, 2.45) is 0 Å². The molecular weight excluding hydrogens is 196 g/mol. The lowest BCUT2D eigenvalue weighted by Gasteiger charge is -2.19. The van der Waals surface area contributed by atoms with Crippen molar-refractivity contribution < 1.29 is 19.0 Å². The van der Waals surface area contributed by atoms with Gasteiger partial charge in [0.25, 0.3) is 0 Å². The summed E-state index contributed by atoms with van der Waals surface area (Å²) in [5.74, 6) is 1.66. The van der Waals surface area contributed by atoms with Crippen LogP contribution in [0.5, 0.6) is 17.2 Å². The molecule has 0 saturated heterocycles. The van der Waals surface area contributed by atoms with Gasteiger partial charge in [-0.05, 0) is 6.42 Å². The molecule has 1 aliphatic heterocycles. The summed E-state index contributed by atoms with van der Waals surface area (Å²) in [4.78, 5) is 11.1. The van der Waals surface area contributed by atoms with E-state index in [9.17, 15) is 4.79 Å². The summed E-state index contributed by atoms with van der Waals surface area (Å²) < 4.78 is 15.4. The van der Waals surface area contributed by atoms with Crippen molar-refractivity contribution in [2.75, 3.05) is 14.2 Å². The van der Waals surface area contributed by atoms with E-state index in [1.807, 2.05) is 0 Å². The van der Waals surface area contributed by atoms with Gasteiger partial charge in [-0.1, -0.05) is 0 Å². The van der Waals surface area contributed by atoms with Crippen LogP contribution in [-0.4, -0.2) is 20.2 Å². The zero-order valence-corrected chi connectivity index (χ0v) is 8.70. The molecule has 4 nitrogen and oxygen atoms in total. The molecule has 0 unspecified atom stereocenters. The van der Waals surface area contributed by atoms with Crippen molar-refractivity contribution in [3.8, 4) is 17.2 Å². The Morgan fingerprint density at radius 1 is 1.20 bits per heavy atom. The van der Waals surface area contributed by atoms with Crippen LogP contribution in [0.4, 0.5) is 0 Å². The fraction of sp³-hybridized carbons (Fsp3) is 0.364. The van der Waals surface area contributed by atoms with Crippen LogP contribution in [-0.2, 0) is 11.2 Å². The molecule has 0 bridgehead atoms. The van der Waals surface area contributed by atoms with E-state index in [1.54, 1.807) is 26.4 Å². The van der Waals surface area contributed by atoms with E-state index < -0.39 is 0 Å². The summed E-state index contributed by atoms with van der Waals surface area (Å²) in [6.45, 7) is 0. The van der Waals surface area contributed by atoms with Crippen LogP contribution in [0.1, 0.15) is 12.0 Å². The lowest BCUT2D eigenvalue weighted by molar-refractivity contribution is -0.135. The molecule has 0 fully saturated rings. The molecule has 0 aromatic heterocycles. The maximum absolute atomic E-state index is 11.1. The molecular formula is C11H12O4. The Kier molecular flexibility index (Phi) is 2.49. The summed E-state index contributed by atoms with van der Waals surface area (Å²) >= 11 is 0. The van der Waals surface area contributed by atoms with Gasteiger partial charge in [-0.15, -0.1) is 0 Å². The van der Waals surface area contributed by atoms with Gasteiger partial charge >= 0.3 is 5.97 Å². The van der Waals surface area contributed by atoms with E-state index in [1.165, 1.54) is 0 Å². The summed E-state index contributed by atoms with van der Waals surface area (Å²) in [5, 5.41) is 0. The Hall–Kier alpha value is -1.71. The fourth-order valence-corrected chi connectivity index (χ4v) is 1.63. The van der Waals surface area contributed by atoms with Gasteiger partial charge in [-0.2, -0.15) is 0 Å². The Morgan fingerprint density at radius 3 is 2.67 bits per heavy atom. The molecule has 0 aliphatic carbocycles. The van der Waals surface area contributed by atoms with Gasteiger partial charge in [0.05, 0.1) is 20.6 Å². The minimum absolute atomic E-state index is 0.210. The molecule has 1 aromatic carbocycles. The molecule has 0 spiro atoms. The number of benzene rings is 1. The SMILES string of the molecule is COc1cc(OC)c2c(c1)OC(=O)CC2. The van der Waals surface area contributed by atoms with E-state index in [0.717, 1.165) is 5.56 Å². The Balaban J connectivity index is 2.49. The van der Waals surface area contributed by atoms with E-state index in [0.29, 0.717) is 30.1 Å². The predicted molar refractivity (Wildman–Crippen MR) is 53.5 cm³/mol. The zero-order valence-electron chi connectivity index (χ0n) is 8.70. The number of ether oxygens (including phenoxy) is 3. The normalized spacial score (nSPS) is 14.1. The number of hydrogen-bond donors (Lipinski definition) is 0. The van der Waals surface area contributed by atoms with Crippen LogP contribution in [0.3, 0.4) is 0 Å². The molecule has 1 heterocycles. The smallest absolute Gasteiger partial charge is 0.311 e. The summed E-state index contributed by atoms with van der Waals surface area (Å²) in [6, 6.07) is 3.49. The highest BCUT2D eigenvalue weighted by Crippen LogP contribution is 2.37. The first kappa shape index (κ1) is 9.83. The Morgan fingerprint density at radius 2 is 2.00 bits per heavy atom. The van der Waals surface area contributed by atoms with Gasteiger partial charge < -0.3 is 14.2 Å². The van der Waals surface area contributed by atoms with Crippen LogP contribution in [0, 0.1) is 0 Å². The number of fused-ring (bicyclic) bond motifs is 1. The molecule has 1 aliphatic rings. The minimum Gasteiger partial charge on any atom is -0.496 e. The van der Waals surface area contributed by atoms with Gasteiger partial charge in [0.1, 0.15) is 17.2 Å². The van der Waals surface area contributed by atoms with Gasteiger partial charge in [0.2, 0.25) is 0 Å². The molecule has 0 N–H and O–H groups in total. The van der Waals surface area contributed by atoms with Crippen molar-refractivity contribution >= 4 is 5.97 Å². The van der Waals surface area contributed by atoms with Crippen molar-refractivity contribution in [2.45, 2.75) is 12.8 Å². The van der Waals surface area contributed by atoms with Gasteiger partial charge in [-0.3, -0.25) is 4.79 Å². The van der Waals surface area contributed by atoms with Crippen LogP contribution in [0.25, 0.3) is 0 Å². The first-order valence-electron chi connectivity index (χ1n) is 4.70. The fourth-order valence-electron chi connectivity index (χ4n) is 1.63. The van der Waals surface area contributed by atoms with E-state index in [4.69, 9.17) is 14.2 Å². The summed E-state index contributed by atoms with van der Waals surface area (Å²) in [7, 11) is 3.15. The molecule has 0 saturated carbocycles. The van der Waals surface area contributed by atoms with Crippen LogP contribution < -0.4 is 14.2 Å². The topological polar surface area (TPSA) is 44.8 Å². The average molecular weight is 208 g/mol. The third-order valence-corrected chi connectivity index (χ3v) is 2.40. The van der Waals surface area contributed by atoms with Crippen molar-refractivity contribution in [3.05, 3.63) is 17.7 Å². The molecule has 4 heteroatoms. The Bertz CT molecular complexity index is 398. The van der Waals surface area contributed by atoms with Crippen molar-refractivity contribution in [3.63, 3.8) is 0 Å². The quantitative estimate of drug-likeness (QED) is 0.546. The van der Waals surface area contributed by atoms with E-state index in [2.05, 4.69) is 0 Å². The second-order valence-corrected chi connectivity index (χ2v) is 3.28. The van der Waals surface area contributed by atoms with Gasteiger partial charge in [0, 0.05) is 17.7 Å². The first-order chi connectivity index (χ1) is 7.24. The second kappa shape index (κ2) is 3.81. The van der Waals surface area contributed by atoms with Gasteiger partial charge in [0.15, 0.2) is 0 Å². The number of hydrogen-bond acceptors (Lipinski definition) is 4. The van der Waals surface area contributed by atoms with Gasteiger partial charge in [-0.25, -0.2) is 0 Å². The average Bonchev–Trinajstić information content (AvgIpc) is 2.26. The maximum atomic E-state index is 11.1. The third-order valence-electron chi connectivity index (χ3n) is 2.40. The van der Waals surface area contributed by atoms with Crippen LogP contribution in [0.15, 0.2) is 12.1 Å². The molecule has 2 rings (SSSR count). The molecule has 15 heavy (non-hydrogen) atoms. The van der Waals surface area contributed by atoms with Crippen molar-refractivity contribution in [1.82, 2.24) is 0 Å². The highest BCUT2D eigenvalue weighted by atomic mass is 16.5. The first-order valence-corrected chi connectivity index (χ1v) is 4.70. The maximum Gasteiger partial charge on any atom is 0.311 e. The Labute approximate surface area is 87.8 Å². The highest BCUT2D eigenvalue weighted by Gasteiger charge is 2.21. The minimum atomic E-state index is -0.210. The molecule has 1 aromatic rings. The van der Waals surface area contributed by atoms with Crippen molar-refractivity contribution in [1.29, 1.82) is 0 Å². The number of carbonyl (C=O) groups is 1. The molecule has 0 radical (unpaired) electrons. The molecule has 80 valence electrons. The lowest BCUT2D eigenvalue weighted by Crippen LogP contribution is -2.16. The lowest BCUT2D eigenvalue weighted by atomic mass is 10.0. The van der Waals surface area contributed by atoms with E-state index in [-0.39, 0.29) is 5.97 Å². The number of esters is 1. The number of methoxy groups -OCH3 is 2. The number of rotatable bonds is 2. The van der Waals surface area contributed by atoms with E-state index >= 15 is 0 Å². The standard InChI is InChI=1S/C11H12O4/c1-13-7-5-9(14-2)8-3-4-11(12)15-10(8)6-7/h5-6H,3-4H2,1-2H3. The van der Waals surface area contributed by atoms with Crippen LogP contribution in [0.2, 0.25) is 0 Å². The monoisotopic (exact) mass is 208 g/mol. The predicted octanol–water partition coefficient (Wildman–Crippen LogP) is 1.56. The second-order valence-electron chi connectivity index (χ2n) is 3.28.